The van der Waals surface area contributed by atoms with Crippen molar-refractivity contribution in [2.45, 2.75) is 26.7 Å². The van der Waals surface area contributed by atoms with E-state index in [0.29, 0.717) is 0 Å². The first-order chi connectivity index (χ1) is 11.2. The molecule has 0 aliphatic carbocycles. The second-order valence-electron chi connectivity index (χ2n) is 5.72. The lowest BCUT2D eigenvalue weighted by atomic mass is 10.0. The molecule has 3 N–H and O–H groups in total. The van der Waals surface area contributed by atoms with Crippen LogP contribution in [0.25, 0.3) is 5.57 Å². The number of likely N-dealkylation sites (tertiary alicyclic amines) is 1. The van der Waals surface area contributed by atoms with Gasteiger partial charge in [0.25, 0.3) is 0 Å². The Hall–Kier alpha value is -2.42. The summed E-state index contributed by atoms with van der Waals surface area (Å²) < 4.78 is 0. The summed E-state index contributed by atoms with van der Waals surface area (Å²) in [4.78, 5) is 2.27. The van der Waals surface area contributed by atoms with Crippen molar-refractivity contribution in [1.82, 2.24) is 4.90 Å². The minimum absolute atomic E-state index is 0.736. The van der Waals surface area contributed by atoms with Gasteiger partial charge < -0.3 is 16.0 Å². The van der Waals surface area contributed by atoms with Crippen LogP contribution in [-0.4, -0.2) is 18.0 Å². The van der Waals surface area contributed by atoms with Gasteiger partial charge in [0.2, 0.25) is 0 Å². The molecule has 1 aromatic rings. The third-order valence-electron chi connectivity index (χ3n) is 3.97. The van der Waals surface area contributed by atoms with Crippen molar-refractivity contribution in [2.24, 2.45) is 0 Å². The number of allylic oxidation sites excluding steroid dienone is 6. The predicted molar refractivity (Wildman–Crippen MR) is 102 cm³/mol. The molecule has 1 aliphatic heterocycles. The van der Waals surface area contributed by atoms with E-state index in [4.69, 9.17) is 5.73 Å². The van der Waals surface area contributed by atoms with Gasteiger partial charge in [-0.3, -0.25) is 0 Å². The summed E-state index contributed by atoms with van der Waals surface area (Å²) in [6, 6.07) is 6.09. The van der Waals surface area contributed by atoms with Gasteiger partial charge in [0.15, 0.2) is 0 Å². The summed E-state index contributed by atoms with van der Waals surface area (Å²) in [5.74, 6) is 0.927. The highest BCUT2D eigenvalue weighted by atomic mass is 15.2. The van der Waals surface area contributed by atoms with E-state index in [1.54, 1.807) is 0 Å². The summed E-state index contributed by atoms with van der Waals surface area (Å²) in [7, 11) is 0. The van der Waals surface area contributed by atoms with Gasteiger partial charge in [-0.2, -0.15) is 0 Å². The third-order valence-corrected chi connectivity index (χ3v) is 3.97. The molecule has 0 aromatic heterocycles. The highest BCUT2D eigenvalue weighted by Gasteiger charge is 2.14. The van der Waals surface area contributed by atoms with Crippen LogP contribution in [0.15, 0.2) is 61.0 Å². The molecule has 1 aliphatic rings. The van der Waals surface area contributed by atoms with Gasteiger partial charge in [0, 0.05) is 13.1 Å². The minimum atomic E-state index is 0.736. The van der Waals surface area contributed by atoms with Crippen LogP contribution in [0.2, 0.25) is 0 Å². The lowest BCUT2D eigenvalue weighted by Gasteiger charge is -2.22. The summed E-state index contributed by atoms with van der Waals surface area (Å²) >= 11 is 0. The van der Waals surface area contributed by atoms with Gasteiger partial charge in [-0.1, -0.05) is 43.0 Å². The molecule has 122 valence electrons. The van der Waals surface area contributed by atoms with Crippen molar-refractivity contribution >= 4 is 16.9 Å². The summed E-state index contributed by atoms with van der Waals surface area (Å²) in [5.41, 5.74) is 10.1. The number of nitrogen functional groups attached to an aromatic ring is 1. The number of hydrogen-bond acceptors (Lipinski definition) is 3. The molecule has 0 unspecified atom stereocenters. The lowest BCUT2D eigenvalue weighted by molar-refractivity contribution is 0.433. The molecule has 3 nitrogen and oxygen atoms in total. The average Bonchev–Trinajstić information content (AvgIpc) is 3.08. The maximum atomic E-state index is 6.14. The highest BCUT2D eigenvalue weighted by Crippen LogP contribution is 2.27. The number of anilines is 2. The largest absolute Gasteiger partial charge is 0.397 e. The Kier molecular flexibility index (Phi) is 6.10. The van der Waals surface area contributed by atoms with Crippen LogP contribution in [0, 0.1) is 0 Å². The molecule has 1 fully saturated rings. The molecule has 0 atom stereocenters. The van der Waals surface area contributed by atoms with Crippen molar-refractivity contribution in [2.75, 3.05) is 24.1 Å². The SMILES string of the molecule is C=C(Nc1cc(C(/C=C/C)=C/C=C\C)ccc1N)N1CCCC1. The van der Waals surface area contributed by atoms with E-state index in [1.807, 2.05) is 38.1 Å². The van der Waals surface area contributed by atoms with E-state index in [1.165, 1.54) is 12.8 Å². The van der Waals surface area contributed by atoms with Crippen LogP contribution in [0.4, 0.5) is 11.4 Å². The van der Waals surface area contributed by atoms with Gasteiger partial charge in [-0.05, 0) is 50.0 Å². The zero-order valence-corrected chi connectivity index (χ0v) is 14.2. The standard InChI is InChI=1S/C20H27N3/c1-4-6-10-17(9-5-2)18-11-12-19(21)20(15-18)22-16(3)23-13-7-8-14-23/h4-6,9-12,15,22H,3,7-8,13-14,21H2,1-2H3/b6-4-,9-5+,17-10+. The molecule has 0 bridgehead atoms. The van der Waals surface area contributed by atoms with Crippen molar-refractivity contribution in [3.8, 4) is 0 Å². The van der Waals surface area contributed by atoms with Crippen LogP contribution >= 0.6 is 0 Å². The molecule has 1 aromatic carbocycles. The molecule has 1 saturated heterocycles. The van der Waals surface area contributed by atoms with Crippen LogP contribution < -0.4 is 11.1 Å². The van der Waals surface area contributed by atoms with E-state index >= 15 is 0 Å². The van der Waals surface area contributed by atoms with Crippen molar-refractivity contribution in [3.05, 3.63) is 66.5 Å². The van der Waals surface area contributed by atoms with E-state index < -0.39 is 0 Å². The Labute approximate surface area is 139 Å². The average molecular weight is 309 g/mol. The van der Waals surface area contributed by atoms with Crippen molar-refractivity contribution in [1.29, 1.82) is 0 Å². The molecular formula is C20H27N3. The topological polar surface area (TPSA) is 41.3 Å². The second-order valence-corrected chi connectivity index (χ2v) is 5.72. The third kappa shape index (κ3) is 4.52. The number of hydrogen-bond donors (Lipinski definition) is 2. The fraction of sp³-hybridized carbons (Fsp3) is 0.300. The van der Waals surface area contributed by atoms with Gasteiger partial charge in [0.05, 0.1) is 17.2 Å². The number of rotatable bonds is 6. The Morgan fingerprint density at radius 2 is 1.96 bits per heavy atom. The summed E-state index contributed by atoms with van der Waals surface area (Å²) in [6.45, 7) is 10.3. The number of benzene rings is 1. The molecule has 1 heterocycles. The maximum absolute atomic E-state index is 6.14. The van der Waals surface area contributed by atoms with Crippen molar-refractivity contribution in [3.63, 3.8) is 0 Å². The molecule has 0 saturated carbocycles. The lowest BCUT2D eigenvalue weighted by Crippen LogP contribution is -2.23. The summed E-state index contributed by atoms with van der Waals surface area (Å²) in [5, 5.41) is 3.38. The molecule has 23 heavy (non-hydrogen) atoms. The van der Waals surface area contributed by atoms with E-state index in [9.17, 15) is 0 Å². The van der Waals surface area contributed by atoms with Gasteiger partial charge in [-0.15, -0.1) is 0 Å². The van der Waals surface area contributed by atoms with E-state index in [-0.39, 0.29) is 0 Å². The first-order valence-corrected chi connectivity index (χ1v) is 8.22. The fourth-order valence-corrected chi connectivity index (χ4v) is 2.69. The number of nitrogens with two attached hydrogens (primary N) is 1. The molecule has 0 radical (unpaired) electrons. The van der Waals surface area contributed by atoms with E-state index in [2.05, 4.69) is 41.1 Å². The smallest absolute Gasteiger partial charge is 0.0984 e. The number of nitrogens with one attached hydrogen (secondary N) is 1. The molecule has 0 amide bonds. The molecular weight excluding hydrogens is 282 g/mol. The zero-order valence-electron chi connectivity index (χ0n) is 14.2. The Balaban J connectivity index is 2.25. The molecule has 3 heteroatoms. The monoisotopic (exact) mass is 309 g/mol. The number of nitrogens with zero attached hydrogens (tertiary/aromatic N) is 1. The van der Waals surface area contributed by atoms with Gasteiger partial charge in [-0.25, -0.2) is 0 Å². The zero-order chi connectivity index (χ0) is 16.7. The minimum Gasteiger partial charge on any atom is -0.397 e. The fourth-order valence-electron chi connectivity index (χ4n) is 2.69. The van der Waals surface area contributed by atoms with E-state index in [0.717, 1.165) is 41.4 Å². The Morgan fingerprint density at radius 3 is 2.61 bits per heavy atom. The van der Waals surface area contributed by atoms with Crippen LogP contribution in [0.5, 0.6) is 0 Å². The van der Waals surface area contributed by atoms with Crippen molar-refractivity contribution < 1.29 is 0 Å². The Bertz CT molecular complexity index is 632. The molecule has 2 rings (SSSR count). The van der Waals surface area contributed by atoms with Gasteiger partial charge in [0.1, 0.15) is 0 Å². The van der Waals surface area contributed by atoms with Crippen LogP contribution in [-0.2, 0) is 0 Å². The quantitative estimate of drug-likeness (QED) is 0.587. The normalized spacial score (nSPS) is 15.7. The summed E-state index contributed by atoms with van der Waals surface area (Å²) in [6.07, 6.45) is 12.8. The predicted octanol–water partition coefficient (Wildman–Crippen LogP) is 4.78. The maximum Gasteiger partial charge on any atom is 0.0984 e. The van der Waals surface area contributed by atoms with Gasteiger partial charge >= 0.3 is 0 Å². The Morgan fingerprint density at radius 1 is 1.22 bits per heavy atom. The highest BCUT2D eigenvalue weighted by molar-refractivity contribution is 5.81. The van der Waals surface area contributed by atoms with Crippen LogP contribution in [0.3, 0.4) is 0 Å². The van der Waals surface area contributed by atoms with Crippen LogP contribution in [0.1, 0.15) is 32.3 Å². The first kappa shape index (κ1) is 16.9. The first-order valence-electron chi connectivity index (χ1n) is 8.22. The molecule has 0 spiro atoms. The second kappa shape index (κ2) is 8.28.